The van der Waals surface area contributed by atoms with Gasteiger partial charge in [0.15, 0.2) is 5.60 Å². The molecule has 196 valence electrons. The number of phenols is 1. The molecule has 0 spiro atoms. The van der Waals surface area contributed by atoms with Gasteiger partial charge in [-0.25, -0.2) is 4.99 Å². The number of aromatic nitrogens is 2. The van der Waals surface area contributed by atoms with E-state index in [1.54, 1.807) is 17.9 Å². The first-order valence-electron chi connectivity index (χ1n) is 12.3. The number of aliphatic imine (C=N–C) groups is 1. The van der Waals surface area contributed by atoms with Crippen molar-refractivity contribution in [3.8, 4) is 11.5 Å². The lowest BCUT2D eigenvalue weighted by Gasteiger charge is -2.36. The zero-order chi connectivity index (χ0) is 26.2. The second kappa shape index (κ2) is 10.3. The maximum absolute atomic E-state index is 13.1. The molecule has 1 aromatic heterocycles. The average Bonchev–Trinajstić information content (AvgIpc) is 3.33. The summed E-state index contributed by atoms with van der Waals surface area (Å²) in [4.78, 5) is 21.0. The number of piperazine rings is 1. The smallest absolute Gasteiger partial charge is 0.324 e. The van der Waals surface area contributed by atoms with E-state index in [9.17, 15) is 15.0 Å². The summed E-state index contributed by atoms with van der Waals surface area (Å²) < 4.78 is 11.4. The van der Waals surface area contributed by atoms with Crippen LogP contribution >= 0.6 is 11.8 Å². The highest BCUT2D eigenvalue weighted by atomic mass is 32.2. The van der Waals surface area contributed by atoms with Crippen molar-refractivity contribution in [2.24, 2.45) is 4.99 Å². The monoisotopic (exact) mass is 517 g/mol. The number of hydrogen-bond donors (Lipinski definition) is 1. The van der Waals surface area contributed by atoms with Crippen LogP contribution in [0.5, 0.6) is 11.5 Å². The Bertz CT molecular complexity index is 1170. The SMILES string of the molecule is Cc1c(C)c2c(c(C)c1O)CCC(C)(C(=O)SCC([O-])=Nc1c[n+](N3CCN(C(C)C)CC3)no1)O2. The van der Waals surface area contributed by atoms with Gasteiger partial charge in [-0.05, 0) is 77.0 Å². The number of hydrogen-bond acceptors (Lipinski definition) is 10. The quantitative estimate of drug-likeness (QED) is 0.347. The molecule has 2 aliphatic rings. The van der Waals surface area contributed by atoms with Gasteiger partial charge in [0, 0.05) is 30.4 Å². The van der Waals surface area contributed by atoms with E-state index >= 15 is 0 Å². The fourth-order valence-electron chi connectivity index (χ4n) is 4.67. The maximum Gasteiger partial charge on any atom is 0.324 e. The van der Waals surface area contributed by atoms with E-state index in [4.69, 9.17) is 9.26 Å². The van der Waals surface area contributed by atoms with E-state index in [0.717, 1.165) is 60.2 Å². The zero-order valence-electron chi connectivity index (χ0n) is 21.8. The highest BCUT2D eigenvalue weighted by molar-refractivity contribution is 8.14. The molecule has 10 nitrogen and oxygen atoms in total. The van der Waals surface area contributed by atoms with E-state index < -0.39 is 11.5 Å². The van der Waals surface area contributed by atoms with Crippen molar-refractivity contribution in [3.63, 3.8) is 0 Å². The molecule has 2 aromatic rings. The number of benzene rings is 1. The summed E-state index contributed by atoms with van der Waals surface area (Å²) in [6, 6.07) is 0.500. The van der Waals surface area contributed by atoms with Gasteiger partial charge in [-0.3, -0.25) is 14.2 Å². The van der Waals surface area contributed by atoms with Gasteiger partial charge in [0.25, 0.3) is 6.20 Å². The molecule has 3 heterocycles. The minimum Gasteiger partial charge on any atom is -0.861 e. The van der Waals surface area contributed by atoms with Crippen LogP contribution < -0.4 is 19.6 Å². The first kappa shape index (κ1) is 26.3. The molecule has 1 unspecified atom stereocenters. The number of carbonyl (C=O) groups is 1. The van der Waals surface area contributed by atoms with Crippen molar-refractivity contribution >= 4 is 28.7 Å². The minimum absolute atomic E-state index is 0.106. The van der Waals surface area contributed by atoms with Gasteiger partial charge in [-0.2, -0.15) is 5.01 Å². The van der Waals surface area contributed by atoms with E-state index in [1.165, 1.54) is 0 Å². The van der Waals surface area contributed by atoms with E-state index in [1.807, 2.05) is 25.8 Å². The zero-order valence-corrected chi connectivity index (χ0v) is 22.6. The van der Waals surface area contributed by atoms with Crippen LogP contribution in [0.2, 0.25) is 0 Å². The Morgan fingerprint density at radius 1 is 1.25 bits per heavy atom. The van der Waals surface area contributed by atoms with Crippen molar-refractivity contribution in [2.45, 2.75) is 66.0 Å². The third-order valence-electron chi connectivity index (χ3n) is 7.27. The summed E-state index contributed by atoms with van der Waals surface area (Å²) >= 11 is 0.898. The molecule has 1 aromatic carbocycles. The second-order valence-corrected chi connectivity index (χ2v) is 10.9. The molecule has 2 aliphatic heterocycles. The molecular weight excluding hydrogens is 482 g/mol. The predicted molar refractivity (Wildman–Crippen MR) is 136 cm³/mol. The number of aromatic hydroxyl groups is 1. The number of phenolic OH excluding ortho intramolecular Hbond substituents is 1. The van der Waals surface area contributed by atoms with Crippen LogP contribution in [-0.2, 0) is 11.2 Å². The number of nitrogens with zero attached hydrogens (tertiary/aromatic N) is 5. The summed E-state index contributed by atoms with van der Waals surface area (Å²) in [6.07, 6.45) is 2.66. The van der Waals surface area contributed by atoms with Crippen LogP contribution in [0.3, 0.4) is 0 Å². The van der Waals surface area contributed by atoms with Crippen molar-refractivity contribution in [1.29, 1.82) is 0 Å². The van der Waals surface area contributed by atoms with Crippen molar-refractivity contribution < 1.29 is 29.1 Å². The van der Waals surface area contributed by atoms with Gasteiger partial charge < -0.3 is 14.9 Å². The normalized spacial score (nSPS) is 21.0. The predicted octanol–water partition coefficient (Wildman–Crippen LogP) is 1.69. The Balaban J connectivity index is 1.36. The first-order chi connectivity index (χ1) is 17.0. The number of thioether (sulfide) groups is 1. The molecule has 1 N–H and O–H groups in total. The van der Waals surface area contributed by atoms with Crippen LogP contribution in [0.4, 0.5) is 5.88 Å². The molecule has 1 atom stereocenters. The Morgan fingerprint density at radius 2 is 1.94 bits per heavy atom. The van der Waals surface area contributed by atoms with Gasteiger partial charge in [0.1, 0.15) is 11.5 Å². The standard InChI is InChI=1S/C25H35N5O5S/c1-15(2)28-9-11-29(12-10-28)30-13-21(35-27-30)26-20(31)14-36-24(33)25(6)8-7-19-18(5)22(32)16(3)17(4)23(19)34-25/h13,15H,7-12,14H2,1-6H3,(H-,26,27,31,32). The second-order valence-electron chi connectivity index (χ2n) is 9.99. The Morgan fingerprint density at radius 3 is 2.61 bits per heavy atom. The van der Waals surface area contributed by atoms with Crippen LogP contribution in [0.15, 0.2) is 15.7 Å². The molecule has 36 heavy (non-hydrogen) atoms. The van der Waals surface area contributed by atoms with Gasteiger partial charge in [0.05, 0.1) is 17.9 Å². The van der Waals surface area contributed by atoms with Crippen LogP contribution in [0, 0.1) is 20.8 Å². The summed E-state index contributed by atoms with van der Waals surface area (Å²) in [6.45, 7) is 15.1. The molecule has 0 radical (unpaired) electrons. The number of ether oxygens (including phenoxy) is 1. The van der Waals surface area contributed by atoms with E-state index in [2.05, 4.69) is 29.0 Å². The summed E-state index contributed by atoms with van der Waals surface area (Å²) in [5, 5.41) is 28.6. The molecule has 11 heteroatoms. The third-order valence-corrected chi connectivity index (χ3v) is 8.35. The average molecular weight is 518 g/mol. The lowest BCUT2D eigenvalue weighted by molar-refractivity contribution is -0.759. The minimum atomic E-state index is -1.06. The van der Waals surface area contributed by atoms with Crippen LogP contribution in [0.1, 0.15) is 49.4 Å². The van der Waals surface area contributed by atoms with Gasteiger partial charge in [0.2, 0.25) is 10.4 Å². The van der Waals surface area contributed by atoms with Crippen molar-refractivity contribution in [3.05, 3.63) is 28.5 Å². The molecule has 0 saturated carbocycles. The number of fused-ring (bicyclic) bond motifs is 1. The van der Waals surface area contributed by atoms with E-state index in [-0.39, 0.29) is 22.5 Å². The van der Waals surface area contributed by atoms with E-state index in [0.29, 0.717) is 24.6 Å². The van der Waals surface area contributed by atoms with Crippen molar-refractivity contribution in [1.82, 2.24) is 10.2 Å². The molecule has 1 saturated heterocycles. The van der Waals surface area contributed by atoms with Crippen LogP contribution in [-0.4, -0.2) is 69.9 Å². The molecular formula is C25H35N5O5S. The van der Waals surface area contributed by atoms with Crippen LogP contribution in [0.25, 0.3) is 0 Å². The fraction of sp³-hybridized carbons (Fsp3) is 0.600. The van der Waals surface area contributed by atoms with Gasteiger partial charge in [-0.15, -0.1) is 0 Å². The lowest BCUT2D eigenvalue weighted by atomic mass is 9.87. The summed E-state index contributed by atoms with van der Waals surface area (Å²) in [5.41, 5.74) is 2.23. The highest BCUT2D eigenvalue weighted by Crippen LogP contribution is 2.44. The van der Waals surface area contributed by atoms with Gasteiger partial charge >= 0.3 is 5.88 Å². The highest BCUT2D eigenvalue weighted by Gasteiger charge is 2.40. The maximum atomic E-state index is 13.1. The molecule has 4 rings (SSSR count). The number of carbonyl (C=O) groups excluding carboxylic acids is 1. The molecule has 0 bridgehead atoms. The summed E-state index contributed by atoms with van der Waals surface area (Å²) in [7, 11) is 0. The number of rotatable bonds is 6. The van der Waals surface area contributed by atoms with Crippen molar-refractivity contribution in [2.75, 3.05) is 36.9 Å². The molecule has 0 amide bonds. The molecule has 1 fully saturated rings. The lowest BCUT2D eigenvalue weighted by Crippen LogP contribution is -2.65. The Labute approximate surface area is 215 Å². The largest absolute Gasteiger partial charge is 0.861 e. The third kappa shape index (κ3) is 5.17. The fourth-order valence-corrected chi connectivity index (χ4v) is 5.44. The Hall–Kier alpha value is -2.79. The summed E-state index contributed by atoms with van der Waals surface area (Å²) in [5.74, 6) is 0.439. The van der Waals surface area contributed by atoms with Gasteiger partial charge in [-0.1, -0.05) is 11.8 Å². The topological polar surface area (TPSA) is 118 Å². The Kier molecular flexibility index (Phi) is 7.51. The first-order valence-corrected chi connectivity index (χ1v) is 13.3. The molecule has 0 aliphatic carbocycles.